The molecule has 6 rings (SSSR count). The van der Waals surface area contributed by atoms with Crippen LogP contribution in [0, 0.1) is 5.92 Å². The Morgan fingerprint density at radius 2 is 1.94 bits per heavy atom. The Morgan fingerprint density at radius 1 is 1.13 bits per heavy atom. The molecule has 2 aliphatic carbocycles. The van der Waals surface area contributed by atoms with E-state index in [0.29, 0.717) is 49.3 Å². The molecule has 6 N–H and O–H groups in total. The van der Waals surface area contributed by atoms with Gasteiger partial charge in [-0.05, 0) is 82.7 Å². The lowest BCUT2D eigenvalue weighted by atomic mass is 9.53. The molecule has 16 nitrogen and oxygen atoms in total. The minimum atomic E-state index is -0.807. The Hall–Kier alpha value is -4.73. The van der Waals surface area contributed by atoms with Gasteiger partial charge in [-0.1, -0.05) is 6.07 Å². The summed E-state index contributed by atoms with van der Waals surface area (Å²) in [5.41, 5.74) is 12.9. The second-order valence-electron chi connectivity index (χ2n) is 14.3. The Kier molecular flexibility index (Phi) is 11.0. The number of nitrogens with one attached hydrogen (secondary N) is 2. The van der Waals surface area contributed by atoms with Gasteiger partial charge in [0.15, 0.2) is 23.6 Å². The largest absolute Gasteiger partial charge is 0.493 e. The SMILES string of the molecule is CCOC(=O)N1CCN(C(=O)OC2=CC[C@H]3[C@H]4Cc5ccc(OC)c6c5[C@@]3(CCN4C)[C@H]2O6)[C@@H](CNC(=O)[C@H](CCCCN=C(N)N)NC(C)=O)C1. The lowest BCUT2D eigenvalue weighted by Gasteiger charge is -2.56. The number of nitrogens with two attached hydrogens (primary N) is 2. The van der Waals surface area contributed by atoms with E-state index in [1.54, 1.807) is 18.9 Å². The van der Waals surface area contributed by atoms with Crippen molar-refractivity contribution in [2.45, 2.75) is 82.0 Å². The summed E-state index contributed by atoms with van der Waals surface area (Å²) < 4.78 is 24.0. The number of benzene rings is 1. The first-order valence-electron chi connectivity index (χ1n) is 18.3. The highest BCUT2D eigenvalue weighted by molar-refractivity contribution is 5.87. The number of piperazine rings is 1. The molecule has 1 aromatic rings. The number of piperidine rings is 1. The number of rotatable bonds is 12. The third kappa shape index (κ3) is 7.04. The number of hydrogen-bond acceptors (Lipinski definition) is 10. The number of nitrogens with zero attached hydrogens (tertiary/aromatic N) is 4. The van der Waals surface area contributed by atoms with Gasteiger partial charge in [-0.25, -0.2) is 9.59 Å². The fraction of sp³-hybridized carbons (Fsp3) is 0.639. The Bertz CT molecular complexity index is 1610. The highest BCUT2D eigenvalue weighted by atomic mass is 16.6. The minimum Gasteiger partial charge on any atom is -0.493 e. The number of allylic oxidation sites excluding steroid dienone is 1. The maximum absolute atomic E-state index is 14.2. The molecule has 2 saturated heterocycles. The summed E-state index contributed by atoms with van der Waals surface area (Å²) in [7, 11) is 3.82. The van der Waals surface area contributed by atoms with Crippen molar-refractivity contribution < 1.29 is 38.1 Å². The fourth-order valence-corrected chi connectivity index (χ4v) is 8.90. The molecule has 0 unspecified atom stereocenters. The van der Waals surface area contributed by atoms with Crippen molar-refractivity contribution in [3.63, 3.8) is 0 Å². The summed E-state index contributed by atoms with van der Waals surface area (Å²) in [6, 6.07) is 2.99. The smallest absolute Gasteiger partial charge is 0.415 e. The van der Waals surface area contributed by atoms with Gasteiger partial charge in [0.1, 0.15) is 11.8 Å². The van der Waals surface area contributed by atoms with Crippen LogP contribution < -0.4 is 31.6 Å². The summed E-state index contributed by atoms with van der Waals surface area (Å²) in [6.07, 6.45) is 4.49. The monoisotopic (exact) mass is 724 g/mol. The van der Waals surface area contributed by atoms with Gasteiger partial charge in [-0.3, -0.25) is 19.5 Å². The van der Waals surface area contributed by atoms with Gasteiger partial charge in [0, 0.05) is 56.7 Å². The van der Waals surface area contributed by atoms with Crippen LogP contribution in [0.2, 0.25) is 0 Å². The van der Waals surface area contributed by atoms with E-state index in [1.807, 2.05) is 12.1 Å². The molecule has 3 heterocycles. The van der Waals surface area contributed by atoms with Gasteiger partial charge in [0.25, 0.3) is 0 Å². The predicted octanol–water partition coefficient (Wildman–Crippen LogP) is 1.20. The number of carbonyl (C=O) groups excluding carboxylic acids is 4. The lowest BCUT2D eigenvalue weighted by molar-refractivity contribution is -0.128. The molecular weight excluding hydrogens is 672 g/mol. The molecular formula is C36H52N8O8. The van der Waals surface area contributed by atoms with Crippen LogP contribution in [0.3, 0.4) is 0 Å². The molecule has 6 atom stereocenters. The minimum absolute atomic E-state index is 0.00748. The van der Waals surface area contributed by atoms with Crippen molar-refractivity contribution >= 4 is 30.0 Å². The first-order valence-corrected chi connectivity index (χ1v) is 18.3. The summed E-state index contributed by atoms with van der Waals surface area (Å²) in [5, 5.41) is 5.61. The molecule has 3 aliphatic heterocycles. The van der Waals surface area contributed by atoms with Crippen LogP contribution in [0.5, 0.6) is 11.5 Å². The van der Waals surface area contributed by atoms with Crippen molar-refractivity contribution in [1.82, 2.24) is 25.3 Å². The molecule has 0 saturated carbocycles. The van der Waals surface area contributed by atoms with Crippen LogP contribution in [0.1, 0.15) is 57.1 Å². The summed E-state index contributed by atoms with van der Waals surface area (Å²) in [5.74, 6) is 1.40. The Balaban J connectivity index is 1.19. The fourth-order valence-electron chi connectivity index (χ4n) is 8.90. The molecule has 2 bridgehead atoms. The number of likely N-dealkylation sites (N-methyl/N-ethyl adjacent to an activating group) is 1. The third-order valence-electron chi connectivity index (χ3n) is 11.3. The first-order chi connectivity index (χ1) is 25.0. The topological polar surface area (TPSA) is 203 Å². The maximum atomic E-state index is 14.2. The van der Waals surface area contributed by atoms with E-state index in [4.69, 9.17) is 30.4 Å². The summed E-state index contributed by atoms with van der Waals surface area (Å²) in [6.45, 7) is 5.10. The quantitative estimate of drug-likeness (QED) is 0.137. The van der Waals surface area contributed by atoms with Crippen molar-refractivity contribution in [2.75, 3.05) is 60.0 Å². The number of likely N-dealkylation sites (tertiary alicyclic amines) is 1. The molecule has 5 aliphatic rings. The average molecular weight is 725 g/mol. The number of amides is 4. The zero-order chi connectivity index (χ0) is 37.2. The van der Waals surface area contributed by atoms with Gasteiger partial charge < -0.3 is 50.8 Å². The van der Waals surface area contributed by atoms with Crippen LogP contribution in [-0.4, -0.2) is 129 Å². The molecule has 16 heteroatoms. The van der Waals surface area contributed by atoms with Gasteiger partial charge in [-0.2, -0.15) is 0 Å². The molecule has 52 heavy (non-hydrogen) atoms. The second kappa shape index (κ2) is 15.5. The van der Waals surface area contributed by atoms with Crippen LogP contribution in [-0.2, 0) is 30.9 Å². The summed E-state index contributed by atoms with van der Waals surface area (Å²) in [4.78, 5) is 61.8. The van der Waals surface area contributed by atoms with Crippen molar-refractivity contribution in [1.29, 1.82) is 0 Å². The van der Waals surface area contributed by atoms with E-state index in [0.717, 1.165) is 31.6 Å². The first kappa shape index (κ1) is 37.0. The normalized spacial score (nSPS) is 26.2. The average Bonchev–Trinajstić information content (AvgIpc) is 3.47. The van der Waals surface area contributed by atoms with Crippen LogP contribution in [0.4, 0.5) is 9.59 Å². The number of unbranched alkanes of at least 4 members (excludes halogenated alkanes) is 1. The molecule has 4 amide bonds. The van der Waals surface area contributed by atoms with E-state index in [-0.39, 0.29) is 50.1 Å². The zero-order valence-electron chi connectivity index (χ0n) is 30.5. The van der Waals surface area contributed by atoms with Crippen molar-refractivity contribution in [3.8, 4) is 11.5 Å². The van der Waals surface area contributed by atoms with E-state index in [1.165, 1.54) is 23.0 Å². The van der Waals surface area contributed by atoms with Crippen molar-refractivity contribution in [3.05, 3.63) is 35.1 Å². The molecule has 0 aromatic heterocycles. The predicted molar refractivity (Wildman–Crippen MR) is 191 cm³/mol. The van der Waals surface area contributed by atoms with E-state index >= 15 is 0 Å². The van der Waals surface area contributed by atoms with E-state index in [9.17, 15) is 19.2 Å². The van der Waals surface area contributed by atoms with E-state index < -0.39 is 36.3 Å². The van der Waals surface area contributed by atoms with E-state index in [2.05, 4.69) is 33.6 Å². The van der Waals surface area contributed by atoms with Gasteiger partial charge in [0.05, 0.1) is 19.8 Å². The number of carbonyl (C=O) groups is 4. The Labute approximate surface area is 304 Å². The lowest BCUT2D eigenvalue weighted by Crippen LogP contribution is -2.64. The molecule has 1 aromatic carbocycles. The number of ether oxygens (including phenoxy) is 4. The zero-order valence-corrected chi connectivity index (χ0v) is 30.5. The summed E-state index contributed by atoms with van der Waals surface area (Å²) >= 11 is 0. The number of aliphatic imine (C=N–C) groups is 1. The van der Waals surface area contributed by atoms with Crippen molar-refractivity contribution in [2.24, 2.45) is 22.4 Å². The number of methoxy groups -OCH3 is 1. The molecule has 1 spiro atoms. The highest BCUT2D eigenvalue weighted by Crippen LogP contribution is 2.63. The standard InChI is InChI=1S/C36H52N8O8/c1-5-50-34(47)43-16-17-44(23(20-43)19-40-32(46)25(41-21(2)45)8-6-7-14-39-33(37)38)35(48)51-28-12-10-24-26-18-22-9-11-27(49-4)30-29(22)36(24,31(28)52-30)13-15-42(26)3/h9,11-12,23-26,31H,5-8,10,13-20H2,1-4H3,(H,40,46)(H,41,45)(H4,37,38,39)/t23-,24-,25-,26+,31-,36-/m0/s1. The molecule has 284 valence electrons. The third-order valence-corrected chi connectivity index (χ3v) is 11.3. The second-order valence-corrected chi connectivity index (χ2v) is 14.3. The number of guanidine groups is 1. The maximum Gasteiger partial charge on any atom is 0.415 e. The Morgan fingerprint density at radius 3 is 2.67 bits per heavy atom. The van der Waals surface area contributed by atoms with Gasteiger partial charge in [-0.15, -0.1) is 0 Å². The molecule has 2 fully saturated rings. The van der Waals surface area contributed by atoms with Crippen LogP contribution in [0.25, 0.3) is 0 Å². The van der Waals surface area contributed by atoms with Gasteiger partial charge >= 0.3 is 12.2 Å². The van der Waals surface area contributed by atoms with Crippen LogP contribution in [0.15, 0.2) is 29.0 Å². The highest BCUT2D eigenvalue weighted by Gasteiger charge is 2.65. The number of hydrogen-bond donors (Lipinski definition) is 4. The van der Waals surface area contributed by atoms with Crippen LogP contribution >= 0.6 is 0 Å². The van der Waals surface area contributed by atoms with Gasteiger partial charge in [0.2, 0.25) is 11.8 Å². The molecule has 0 radical (unpaired) electrons.